The van der Waals surface area contributed by atoms with E-state index in [2.05, 4.69) is 133 Å². The molecule has 0 fully saturated rings. The summed E-state index contributed by atoms with van der Waals surface area (Å²) < 4.78 is 2.36. The lowest BCUT2D eigenvalue weighted by atomic mass is 9.78. The maximum absolute atomic E-state index is 4.73. The lowest BCUT2D eigenvalue weighted by Crippen LogP contribution is -2.29. The van der Waals surface area contributed by atoms with Gasteiger partial charge in [-0.2, -0.15) is 0 Å². The molecule has 3 heteroatoms. The van der Waals surface area contributed by atoms with E-state index in [4.69, 9.17) is 4.99 Å². The van der Waals surface area contributed by atoms with Crippen molar-refractivity contribution >= 4 is 22.7 Å². The Morgan fingerprint density at radius 2 is 1.50 bits per heavy atom. The number of allylic oxidation sites excluding steroid dienone is 1. The van der Waals surface area contributed by atoms with Crippen molar-refractivity contribution in [3.05, 3.63) is 126 Å². The molecule has 3 nitrogen and oxygen atoms in total. The quantitative estimate of drug-likeness (QED) is 0.231. The van der Waals surface area contributed by atoms with E-state index >= 15 is 0 Å². The molecular formula is C33H31N3. The molecule has 3 aromatic carbocycles. The van der Waals surface area contributed by atoms with Crippen molar-refractivity contribution in [3.8, 4) is 16.9 Å². The van der Waals surface area contributed by atoms with Gasteiger partial charge in [-0.3, -0.25) is 9.98 Å². The third-order valence-corrected chi connectivity index (χ3v) is 6.94. The molecule has 2 aromatic heterocycles. The number of hydrogen-bond donors (Lipinski definition) is 0. The predicted molar refractivity (Wildman–Crippen MR) is 153 cm³/mol. The van der Waals surface area contributed by atoms with Gasteiger partial charge in [0.1, 0.15) is 0 Å². The van der Waals surface area contributed by atoms with Crippen molar-refractivity contribution in [2.45, 2.75) is 26.2 Å². The molecule has 0 atom stereocenters. The van der Waals surface area contributed by atoms with Crippen LogP contribution in [-0.4, -0.2) is 22.3 Å². The van der Waals surface area contributed by atoms with Crippen LogP contribution in [0.1, 0.15) is 30.7 Å². The Morgan fingerprint density at radius 1 is 0.833 bits per heavy atom. The van der Waals surface area contributed by atoms with Gasteiger partial charge >= 0.3 is 0 Å². The van der Waals surface area contributed by atoms with Gasteiger partial charge in [0.2, 0.25) is 0 Å². The molecule has 0 N–H and O–H groups in total. The van der Waals surface area contributed by atoms with Crippen LogP contribution < -0.4 is 0 Å². The Bertz CT molecular complexity index is 1560. The van der Waals surface area contributed by atoms with Gasteiger partial charge in [0.05, 0.1) is 11.2 Å². The number of pyridine rings is 1. The highest BCUT2D eigenvalue weighted by molar-refractivity contribution is 6.08. The van der Waals surface area contributed by atoms with Gasteiger partial charge in [-0.05, 0) is 48.4 Å². The van der Waals surface area contributed by atoms with Crippen LogP contribution in [0.2, 0.25) is 0 Å². The fourth-order valence-electron chi connectivity index (χ4n) is 5.17. The van der Waals surface area contributed by atoms with Crippen molar-refractivity contribution in [1.82, 2.24) is 9.55 Å². The van der Waals surface area contributed by atoms with Gasteiger partial charge < -0.3 is 4.57 Å². The van der Waals surface area contributed by atoms with E-state index in [1.165, 1.54) is 33.3 Å². The molecule has 0 aliphatic heterocycles. The van der Waals surface area contributed by atoms with Crippen LogP contribution in [-0.2, 0) is 5.41 Å². The van der Waals surface area contributed by atoms with Gasteiger partial charge in [-0.25, -0.2) is 0 Å². The maximum Gasteiger partial charge on any atom is 0.0613 e. The van der Waals surface area contributed by atoms with E-state index in [0.29, 0.717) is 0 Å². The zero-order valence-electron chi connectivity index (χ0n) is 21.3. The van der Waals surface area contributed by atoms with Gasteiger partial charge in [0, 0.05) is 46.7 Å². The molecule has 5 aromatic rings. The second kappa shape index (κ2) is 9.79. The van der Waals surface area contributed by atoms with Crippen molar-refractivity contribution in [2.24, 2.45) is 4.99 Å². The molecule has 0 radical (unpaired) electrons. The summed E-state index contributed by atoms with van der Waals surface area (Å²) in [7, 11) is 1.87. The smallest absolute Gasteiger partial charge is 0.0613 e. The molecule has 0 bridgehead atoms. The number of aryl methyl sites for hydroxylation is 1. The number of hydrogen-bond acceptors (Lipinski definition) is 2. The van der Waals surface area contributed by atoms with E-state index in [1.807, 2.05) is 19.3 Å². The van der Waals surface area contributed by atoms with Gasteiger partial charge in [-0.1, -0.05) is 92.7 Å². The van der Waals surface area contributed by atoms with Crippen LogP contribution in [0.4, 0.5) is 0 Å². The Kier molecular flexibility index (Phi) is 6.39. The molecule has 0 unspecified atom stereocenters. The number of rotatable bonds is 6. The molecule has 0 aliphatic rings. The Hall–Kier alpha value is -4.24. The maximum atomic E-state index is 4.73. The summed E-state index contributed by atoms with van der Waals surface area (Å²) in [4.78, 5) is 9.26. The monoisotopic (exact) mass is 469 g/mol. The Labute approximate surface area is 213 Å². The fourth-order valence-corrected chi connectivity index (χ4v) is 5.17. The van der Waals surface area contributed by atoms with Gasteiger partial charge in [0.25, 0.3) is 0 Å². The van der Waals surface area contributed by atoms with Crippen molar-refractivity contribution < 1.29 is 0 Å². The zero-order chi connectivity index (χ0) is 25.1. The first kappa shape index (κ1) is 23.5. The first-order chi connectivity index (χ1) is 17.5. The highest BCUT2D eigenvalue weighted by Gasteiger charge is 2.28. The first-order valence-corrected chi connectivity index (χ1v) is 12.3. The summed E-state index contributed by atoms with van der Waals surface area (Å²) in [5, 5.41) is 1.21. The van der Waals surface area contributed by atoms with Crippen LogP contribution in [0.15, 0.2) is 114 Å². The lowest BCUT2D eigenvalue weighted by molar-refractivity contribution is 0.706. The summed E-state index contributed by atoms with van der Waals surface area (Å²) in [6.45, 7) is 6.50. The van der Waals surface area contributed by atoms with E-state index in [1.54, 1.807) is 0 Å². The SMILES string of the molecule is CN=C(/C=C/c1c(-c2ccccc2)n(-c2ccccc2)c2ccccc12)C(C)(C)c1cccnc1C. The Balaban J connectivity index is 1.73. The number of benzene rings is 3. The lowest BCUT2D eigenvalue weighted by Gasteiger charge is -2.27. The summed E-state index contributed by atoms with van der Waals surface area (Å²) in [6, 6.07) is 34.0. The molecule has 36 heavy (non-hydrogen) atoms. The number of para-hydroxylation sites is 2. The largest absolute Gasteiger partial charge is 0.309 e. The average molecular weight is 470 g/mol. The first-order valence-electron chi connectivity index (χ1n) is 12.3. The number of aromatic nitrogens is 2. The highest BCUT2D eigenvalue weighted by atomic mass is 15.0. The average Bonchev–Trinajstić information content (AvgIpc) is 3.24. The normalized spacial score (nSPS) is 12.5. The van der Waals surface area contributed by atoms with Crippen molar-refractivity contribution in [1.29, 1.82) is 0 Å². The molecule has 0 saturated heterocycles. The molecule has 178 valence electrons. The number of aliphatic imine (C=N–C) groups is 1. The van der Waals surface area contributed by atoms with E-state index in [0.717, 1.165) is 17.1 Å². The third-order valence-electron chi connectivity index (χ3n) is 6.94. The molecule has 2 heterocycles. The van der Waals surface area contributed by atoms with Crippen LogP contribution in [0.5, 0.6) is 0 Å². The minimum absolute atomic E-state index is 0.283. The van der Waals surface area contributed by atoms with Crippen molar-refractivity contribution in [2.75, 3.05) is 7.05 Å². The van der Waals surface area contributed by atoms with Crippen molar-refractivity contribution in [3.63, 3.8) is 0 Å². The van der Waals surface area contributed by atoms with Crippen LogP contribution in [0.3, 0.4) is 0 Å². The zero-order valence-corrected chi connectivity index (χ0v) is 21.3. The summed E-state index contributed by atoms with van der Waals surface area (Å²) in [5.74, 6) is 0. The number of nitrogens with zero attached hydrogens (tertiary/aromatic N) is 3. The molecule has 0 spiro atoms. The number of fused-ring (bicyclic) bond motifs is 1. The molecular weight excluding hydrogens is 438 g/mol. The standard InChI is InChI=1S/C33H31N3/c1-24-29(19-13-23-35-24)33(2,3)31(34-4)22-21-28-27-18-11-12-20-30(27)36(26-16-9-6-10-17-26)32(28)25-14-7-5-8-15-25/h5-23H,1-4H3/b22-21+,34-31?. The predicted octanol–water partition coefficient (Wildman–Crippen LogP) is 8.06. The summed E-state index contributed by atoms with van der Waals surface area (Å²) in [5.41, 5.74) is 8.79. The van der Waals surface area contributed by atoms with Gasteiger partial charge in [0.15, 0.2) is 0 Å². The minimum atomic E-state index is -0.283. The summed E-state index contributed by atoms with van der Waals surface area (Å²) in [6.07, 6.45) is 6.26. The molecule has 5 rings (SSSR count). The van der Waals surface area contributed by atoms with Crippen LogP contribution in [0.25, 0.3) is 33.9 Å². The Morgan fingerprint density at radius 3 is 2.19 bits per heavy atom. The molecule has 0 amide bonds. The second-order valence-corrected chi connectivity index (χ2v) is 9.52. The molecule has 0 aliphatic carbocycles. The van der Waals surface area contributed by atoms with E-state index in [-0.39, 0.29) is 5.41 Å². The van der Waals surface area contributed by atoms with Gasteiger partial charge in [-0.15, -0.1) is 0 Å². The highest BCUT2D eigenvalue weighted by Crippen LogP contribution is 2.38. The topological polar surface area (TPSA) is 30.2 Å². The fraction of sp³-hybridized carbons (Fsp3) is 0.152. The van der Waals surface area contributed by atoms with Crippen LogP contribution in [0, 0.1) is 6.92 Å². The second-order valence-electron chi connectivity index (χ2n) is 9.52. The van der Waals surface area contributed by atoms with E-state index < -0.39 is 0 Å². The molecule has 0 saturated carbocycles. The van der Waals surface area contributed by atoms with Crippen LogP contribution >= 0.6 is 0 Å². The third kappa shape index (κ3) is 4.18. The minimum Gasteiger partial charge on any atom is -0.309 e. The summed E-state index contributed by atoms with van der Waals surface area (Å²) >= 11 is 0. The van der Waals surface area contributed by atoms with E-state index in [9.17, 15) is 0 Å².